The first-order chi connectivity index (χ1) is 17.4. The highest BCUT2D eigenvalue weighted by atomic mass is 16.2. The summed E-state index contributed by atoms with van der Waals surface area (Å²) in [4.78, 5) is 40.0. The quantitative estimate of drug-likeness (QED) is 0.386. The Morgan fingerprint density at radius 2 is 2.03 bits per heavy atom. The van der Waals surface area contributed by atoms with Crippen LogP contribution in [0.3, 0.4) is 0 Å². The number of fused-ring (bicyclic) bond motifs is 2. The molecule has 10 nitrogen and oxygen atoms in total. The molecule has 4 aromatic heterocycles. The van der Waals surface area contributed by atoms with Gasteiger partial charge >= 0.3 is 0 Å². The average molecular weight is 485 g/mol. The van der Waals surface area contributed by atoms with Crippen LogP contribution in [0.25, 0.3) is 22.3 Å². The predicted octanol–water partition coefficient (Wildman–Crippen LogP) is 3.34. The molecule has 1 aliphatic carbocycles. The van der Waals surface area contributed by atoms with Gasteiger partial charge in [0.1, 0.15) is 5.65 Å². The second-order valence-electron chi connectivity index (χ2n) is 9.78. The van der Waals surface area contributed by atoms with Crippen LogP contribution in [0.2, 0.25) is 0 Å². The van der Waals surface area contributed by atoms with Crippen LogP contribution in [0, 0.1) is 12.8 Å². The smallest absolute Gasteiger partial charge is 0.257 e. The van der Waals surface area contributed by atoms with E-state index in [1.54, 1.807) is 35.4 Å². The Morgan fingerprint density at radius 1 is 1.14 bits per heavy atom. The Bertz CT molecular complexity index is 1470. The number of anilines is 2. The van der Waals surface area contributed by atoms with E-state index in [0.29, 0.717) is 40.9 Å². The molecule has 2 aliphatic rings. The normalized spacial score (nSPS) is 19.2. The van der Waals surface area contributed by atoms with E-state index in [0.717, 1.165) is 35.5 Å². The Morgan fingerprint density at radius 3 is 2.86 bits per heavy atom. The molecular formula is C26H28N8O2. The van der Waals surface area contributed by atoms with Gasteiger partial charge in [-0.1, -0.05) is 0 Å². The first kappa shape index (κ1) is 22.4. The molecule has 0 aromatic carbocycles. The number of aryl methyl sites for hydroxylation is 2. The zero-order valence-electron chi connectivity index (χ0n) is 20.3. The minimum Gasteiger partial charge on any atom is -0.339 e. The van der Waals surface area contributed by atoms with Crippen LogP contribution in [0.4, 0.5) is 11.4 Å². The van der Waals surface area contributed by atoms with Crippen LogP contribution in [0.15, 0.2) is 43.0 Å². The van der Waals surface area contributed by atoms with E-state index in [1.165, 1.54) is 12.8 Å². The van der Waals surface area contributed by atoms with Crippen LogP contribution < -0.4 is 10.6 Å². The molecule has 36 heavy (non-hydrogen) atoms. The predicted molar refractivity (Wildman–Crippen MR) is 137 cm³/mol. The fourth-order valence-corrected chi connectivity index (χ4v) is 5.07. The van der Waals surface area contributed by atoms with Crippen molar-refractivity contribution in [3.8, 4) is 11.3 Å². The zero-order chi connectivity index (χ0) is 24.8. The number of carbonyl (C=O) groups is 2. The van der Waals surface area contributed by atoms with Crippen LogP contribution >= 0.6 is 0 Å². The van der Waals surface area contributed by atoms with Crippen LogP contribution in [0.5, 0.6) is 0 Å². The molecule has 6 rings (SSSR count). The van der Waals surface area contributed by atoms with Gasteiger partial charge in [-0.2, -0.15) is 5.10 Å². The number of hydrogen-bond donors (Lipinski definition) is 3. The fourth-order valence-electron chi connectivity index (χ4n) is 5.07. The van der Waals surface area contributed by atoms with Gasteiger partial charge in [-0.3, -0.25) is 24.2 Å². The summed E-state index contributed by atoms with van der Waals surface area (Å²) >= 11 is 0. The lowest BCUT2D eigenvalue weighted by molar-refractivity contribution is -0.117. The molecule has 10 heteroatoms. The Kier molecular flexibility index (Phi) is 5.52. The topological polar surface area (TPSA) is 121 Å². The average Bonchev–Trinajstić information content (AvgIpc) is 3.34. The number of aromatic nitrogens is 5. The lowest BCUT2D eigenvalue weighted by Crippen LogP contribution is -2.38. The van der Waals surface area contributed by atoms with Gasteiger partial charge in [0.25, 0.3) is 5.91 Å². The van der Waals surface area contributed by atoms with Crippen molar-refractivity contribution in [3.05, 3.63) is 54.2 Å². The molecule has 4 aromatic rings. The Hall–Kier alpha value is -4.05. The van der Waals surface area contributed by atoms with Gasteiger partial charge in [-0.05, 0) is 56.8 Å². The first-order valence-electron chi connectivity index (χ1n) is 12.2. The SMILES string of the molecule is Cc1ncc(NC(=O)CN2CCCC3CC32)cc1NC(=O)c1cnc2[nH]c(-c3cnn(C)c3)cc2c1. The van der Waals surface area contributed by atoms with E-state index in [9.17, 15) is 9.59 Å². The van der Waals surface area contributed by atoms with Crippen molar-refractivity contribution in [1.29, 1.82) is 0 Å². The highest BCUT2D eigenvalue weighted by Crippen LogP contribution is 2.42. The third-order valence-corrected chi connectivity index (χ3v) is 7.09. The van der Waals surface area contributed by atoms with Crippen molar-refractivity contribution in [2.45, 2.75) is 32.2 Å². The molecule has 184 valence electrons. The minimum absolute atomic E-state index is 0.0583. The van der Waals surface area contributed by atoms with Crippen molar-refractivity contribution < 1.29 is 9.59 Å². The summed E-state index contributed by atoms with van der Waals surface area (Å²) in [6, 6.07) is 6.07. The maximum Gasteiger partial charge on any atom is 0.257 e. The van der Waals surface area contributed by atoms with E-state index in [-0.39, 0.29) is 11.8 Å². The number of nitrogens with one attached hydrogen (secondary N) is 3. The molecule has 1 aliphatic heterocycles. The molecule has 1 saturated carbocycles. The van der Waals surface area contributed by atoms with Gasteiger partial charge in [-0.15, -0.1) is 0 Å². The molecule has 2 atom stereocenters. The van der Waals surface area contributed by atoms with Crippen molar-refractivity contribution in [3.63, 3.8) is 0 Å². The number of hydrogen-bond acceptors (Lipinski definition) is 6. The number of likely N-dealkylation sites (tertiary alicyclic amines) is 1. The van der Waals surface area contributed by atoms with Crippen molar-refractivity contribution in [2.75, 3.05) is 23.7 Å². The van der Waals surface area contributed by atoms with Crippen molar-refractivity contribution >= 4 is 34.2 Å². The summed E-state index contributed by atoms with van der Waals surface area (Å²) in [7, 11) is 1.86. The molecular weight excluding hydrogens is 456 g/mol. The van der Waals surface area contributed by atoms with E-state index in [4.69, 9.17) is 0 Å². The molecule has 0 radical (unpaired) electrons. The lowest BCUT2D eigenvalue weighted by Gasteiger charge is -2.25. The Balaban J connectivity index is 1.14. The molecule has 1 saturated heterocycles. The Labute approximate surface area is 208 Å². The second-order valence-corrected chi connectivity index (χ2v) is 9.78. The summed E-state index contributed by atoms with van der Waals surface area (Å²) in [5.74, 6) is 0.420. The molecule has 0 spiro atoms. The summed E-state index contributed by atoms with van der Waals surface area (Å²) in [6.45, 7) is 3.18. The number of rotatable bonds is 6. The van der Waals surface area contributed by atoms with Crippen LogP contribution in [-0.4, -0.2) is 60.6 Å². The third kappa shape index (κ3) is 4.47. The summed E-state index contributed by atoms with van der Waals surface area (Å²) in [5, 5.41) is 10.9. The number of carbonyl (C=O) groups excluding carboxylic acids is 2. The summed E-state index contributed by atoms with van der Waals surface area (Å²) < 4.78 is 1.73. The highest BCUT2D eigenvalue weighted by molar-refractivity contribution is 6.06. The number of piperidine rings is 1. The summed E-state index contributed by atoms with van der Waals surface area (Å²) in [5.41, 5.74) is 4.71. The first-order valence-corrected chi connectivity index (χ1v) is 12.2. The number of H-pyrrole nitrogens is 1. The third-order valence-electron chi connectivity index (χ3n) is 7.09. The standard InChI is InChI=1S/C26H28N8O2/c1-15-21(9-20(12-27-15)30-24(35)14-34-5-3-4-16-8-23(16)34)32-26(36)18-6-17-7-22(31-25(17)28-10-18)19-11-29-33(2)13-19/h6-7,9-13,16,23H,3-5,8,14H2,1-2H3,(H,28,31)(H,30,35)(H,32,36). The molecule has 3 N–H and O–H groups in total. The maximum atomic E-state index is 13.0. The van der Waals surface area contributed by atoms with Gasteiger partial charge in [0.05, 0.1) is 47.3 Å². The largest absolute Gasteiger partial charge is 0.339 e. The van der Waals surface area contributed by atoms with Gasteiger partial charge in [0.15, 0.2) is 0 Å². The van der Waals surface area contributed by atoms with Crippen molar-refractivity contribution in [1.82, 2.24) is 29.6 Å². The molecule has 2 amide bonds. The van der Waals surface area contributed by atoms with E-state index >= 15 is 0 Å². The van der Waals surface area contributed by atoms with Crippen molar-refractivity contribution in [2.24, 2.45) is 13.0 Å². The minimum atomic E-state index is -0.296. The highest BCUT2D eigenvalue weighted by Gasteiger charge is 2.44. The van der Waals surface area contributed by atoms with E-state index in [2.05, 4.69) is 35.6 Å². The number of amides is 2. The van der Waals surface area contributed by atoms with Gasteiger partial charge in [0.2, 0.25) is 5.91 Å². The van der Waals surface area contributed by atoms with E-state index < -0.39 is 0 Å². The molecule has 2 fully saturated rings. The van der Waals surface area contributed by atoms with Gasteiger partial charge in [-0.25, -0.2) is 4.98 Å². The fraction of sp³-hybridized carbons (Fsp3) is 0.346. The van der Waals surface area contributed by atoms with Crippen LogP contribution in [0.1, 0.15) is 35.3 Å². The molecule has 0 bridgehead atoms. The zero-order valence-corrected chi connectivity index (χ0v) is 20.3. The molecule has 5 heterocycles. The van der Waals surface area contributed by atoms with E-state index in [1.807, 2.05) is 26.2 Å². The maximum absolute atomic E-state index is 13.0. The van der Waals surface area contributed by atoms with Gasteiger partial charge < -0.3 is 15.6 Å². The second kappa shape index (κ2) is 8.87. The number of pyridine rings is 2. The molecule has 2 unspecified atom stereocenters. The van der Waals surface area contributed by atoms with Gasteiger partial charge in [0, 0.05) is 36.4 Å². The lowest BCUT2D eigenvalue weighted by atomic mass is 10.1. The van der Waals surface area contributed by atoms with Crippen LogP contribution in [-0.2, 0) is 11.8 Å². The monoisotopic (exact) mass is 484 g/mol. The number of aromatic amines is 1. The number of nitrogens with zero attached hydrogens (tertiary/aromatic N) is 5. The summed E-state index contributed by atoms with van der Waals surface area (Å²) in [6.07, 6.45) is 10.5.